The van der Waals surface area contributed by atoms with Crippen LogP contribution in [-0.4, -0.2) is 38.7 Å². The van der Waals surface area contributed by atoms with Crippen molar-refractivity contribution in [3.05, 3.63) is 48.4 Å². The number of carbonyl (C=O) groups is 2. The number of nitrogens with zero attached hydrogens (tertiary/aromatic N) is 1. The van der Waals surface area contributed by atoms with Gasteiger partial charge in [0.15, 0.2) is 5.76 Å². The topological polar surface area (TPSA) is 130 Å². The number of nitrogens with one attached hydrogen (secondary N) is 3. The van der Waals surface area contributed by atoms with Gasteiger partial charge < -0.3 is 15.1 Å². The van der Waals surface area contributed by atoms with E-state index < -0.39 is 27.9 Å². The number of hydrogen-bond donors (Lipinski definition) is 3. The highest BCUT2D eigenvalue weighted by atomic mass is 32.2. The zero-order valence-corrected chi connectivity index (χ0v) is 17.5. The molecule has 1 aromatic heterocycles. The zero-order valence-electron chi connectivity index (χ0n) is 16.7. The predicted molar refractivity (Wildman–Crippen MR) is 112 cm³/mol. The van der Waals surface area contributed by atoms with E-state index in [1.165, 1.54) is 30.5 Å². The summed E-state index contributed by atoms with van der Waals surface area (Å²) in [5, 5.41) is 5.31. The second-order valence-corrected chi connectivity index (χ2v) is 8.91. The second kappa shape index (κ2) is 9.12. The monoisotopic (exact) mass is 432 g/mol. The molecule has 1 atom stereocenters. The van der Waals surface area contributed by atoms with E-state index in [4.69, 9.17) is 4.42 Å². The molecule has 10 heteroatoms. The lowest BCUT2D eigenvalue weighted by Crippen LogP contribution is -2.47. The van der Waals surface area contributed by atoms with Crippen LogP contribution in [0.2, 0.25) is 0 Å². The van der Waals surface area contributed by atoms with Crippen LogP contribution >= 0.6 is 0 Å². The van der Waals surface area contributed by atoms with Gasteiger partial charge in [-0.25, -0.2) is 8.42 Å². The SMILES string of the molecule is CC(C)[C@H](NC(=O)c1ccco1)C(=O)Nc1cccc(S(=O)(=O)NC2=NCCC2)c1. The molecule has 0 bridgehead atoms. The summed E-state index contributed by atoms with van der Waals surface area (Å²) >= 11 is 0. The third kappa shape index (κ3) is 5.26. The number of carbonyl (C=O) groups excluding carboxylic acids is 2. The van der Waals surface area contributed by atoms with Crippen LogP contribution < -0.4 is 15.4 Å². The Morgan fingerprint density at radius 2 is 1.97 bits per heavy atom. The third-order valence-electron chi connectivity index (χ3n) is 4.52. The molecular formula is C20H24N4O5S. The van der Waals surface area contributed by atoms with E-state index in [1.807, 2.05) is 0 Å². The summed E-state index contributed by atoms with van der Waals surface area (Å²) in [6.07, 6.45) is 2.77. The Hall–Kier alpha value is -3.14. The first-order chi connectivity index (χ1) is 14.3. The first kappa shape index (κ1) is 21.6. The minimum atomic E-state index is -3.80. The minimum absolute atomic E-state index is 0.00983. The number of amidine groups is 1. The molecule has 160 valence electrons. The van der Waals surface area contributed by atoms with Gasteiger partial charge in [0.1, 0.15) is 11.9 Å². The average molecular weight is 433 g/mol. The maximum atomic E-state index is 12.8. The molecule has 9 nitrogen and oxygen atoms in total. The number of sulfonamides is 1. The lowest BCUT2D eigenvalue weighted by atomic mass is 10.0. The van der Waals surface area contributed by atoms with Crippen LogP contribution in [0.1, 0.15) is 37.2 Å². The number of amides is 2. The Kier molecular flexibility index (Phi) is 6.56. The predicted octanol–water partition coefficient (Wildman–Crippen LogP) is 2.14. The molecule has 0 aliphatic carbocycles. The van der Waals surface area contributed by atoms with E-state index in [-0.39, 0.29) is 16.6 Å². The van der Waals surface area contributed by atoms with Crippen molar-refractivity contribution in [1.82, 2.24) is 10.0 Å². The van der Waals surface area contributed by atoms with Crippen LogP contribution in [0.25, 0.3) is 0 Å². The molecular weight excluding hydrogens is 408 g/mol. The highest BCUT2D eigenvalue weighted by Gasteiger charge is 2.26. The van der Waals surface area contributed by atoms with E-state index in [2.05, 4.69) is 20.3 Å². The van der Waals surface area contributed by atoms with Gasteiger partial charge in [-0.1, -0.05) is 19.9 Å². The van der Waals surface area contributed by atoms with E-state index in [0.29, 0.717) is 24.5 Å². The molecule has 0 radical (unpaired) electrons. The number of benzene rings is 1. The summed E-state index contributed by atoms with van der Waals surface area (Å²) in [4.78, 5) is 29.1. The van der Waals surface area contributed by atoms with Gasteiger partial charge in [-0.15, -0.1) is 0 Å². The van der Waals surface area contributed by atoms with Gasteiger partial charge in [0.05, 0.1) is 11.2 Å². The van der Waals surface area contributed by atoms with Gasteiger partial charge >= 0.3 is 0 Å². The van der Waals surface area contributed by atoms with Crippen LogP contribution in [-0.2, 0) is 14.8 Å². The summed E-state index contributed by atoms with van der Waals surface area (Å²) in [7, 11) is -3.80. The highest BCUT2D eigenvalue weighted by Crippen LogP contribution is 2.17. The molecule has 0 spiro atoms. The van der Waals surface area contributed by atoms with E-state index >= 15 is 0 Å². The Labute approximate surface area is 175 Å². The van der Waals surface area contributed by atoms with E-state index in [1.54, 1.807) is 26.0 Å². The summed E-state index contributed by atoms with van der Waals surface area (Å²) in [5.74, 6) is -0.649. The molecule has 3 rings (SSSR count). The highest BCUT2D eigenvalue weighted by molar-refractivity contribution is 7.90. The minimum Gasteiger partial charge on any atom is -0.459 e. The largest absolute Gasteiger partial charge is 0.459 e. The fourth-order valence-electron chi connectivity index (χ4n) is 2.95. The molecule has 2 amide bonds. The van der Waals surface area contributed by atoms with Gasteiger partial charge in [0, 0.05) is 18.7 Å². The van der Waals surface area contributed by atoms with Gasteiger partial charge in [-0.2, -0.15) is 0 Å². The molecule has 30 heavy (non-hydrogen) atoms. The lowest BCUT2D eigenvalue weighted by Gasteiger charge is -2.21. The Balaban J connectivity index is 1.72. The zero-order chi connectivity index (χ0) is 21.7. The molecule has 1 aliphatic rings. The number of furan rings is 1. The molecule has 0 unspecified atom stereocenters. The van der Waals surface area contributed by atoms with E-state index in [9.17, 15) is 18.0 Å². The average Bonchev–Trinajstić information content (AvgIpc) is 3.39. The van der Waals surface area contributed by atoms with Crippen LogP contribution in [0.4, 0.5) is 5.69 Å². The normalized spacial score (nSPS) is 14.8. The van der Waals surface area contributed by atoms with Crippen molar-refractivity contribution < 1.29 is 22.4 Å². The first-order valence-corrected chi connectivity index (χ1v) is 11.1. The smallest absolute Gasteiger partial charge is 0.287 e. The van der Waals surface area contributed by atoms with Crippen molar-refractivity contribution >= 4 is 33.4 Å². The number of aliphatic imine (C=N–C) groups is 1. The maximum absolute atomic E-state index is 12.8. The summed E-state index contributed by atoms with van der Waals surface area (Å²) in [5.41, 5.74) is 0.300. The lowest BCUT2D eigenvalue weighted by molar-refractivity contribution is -0.118. The van der Waals surface area contributed by atoms with Crippen molar-refractivity contribution in [2.75, 3.05) is 11.9 Å². The summed E-state index contributed by atoms with van der Waals surface area (Å²) in [6, 6.07) is 8.15. The standard InChI is InChI=1S/C20H24N4O5S/c1-13(2)18(23-19(25)16-8-5-11-29-16)20(26)22-14-6-3-7-15(12-14)30(27,28)24-17-9-4-10-21-17/h3,5-8,11-13,18H,4,9-10H2,1-2H3,(H,21,24)(H,22,26)(H,23,25)/t18-/m0/s1. The molecule has 3 N–H and O–H groups in total. The van der Waals surface area contributed by atoms with Gasteiger partial charge in [-0.3, -0.25) is 19.3 Å². The van der Waals surface area contributed by atoms with Crippen LogP contribution in [0.3, 0.4) is 0 Å². The van der Waals surface area contributed by atoms with Gasteiger partial charge in [0.25, 0.3) is 15.9 Å². The van der Waals surface area contributed by atoms with Crippen molar-refractivity contribution in [2.24, 2.45) is 10.9 Å². The van der Waals surface area contributed by atoms with Crippen LogP contribution in [0.5, 0.6) is 0 Å². The molecule has 1 aromatic carbocycles. The van der Waals surface area contributed by atoms with Gasteiger partial charge in [0.2, 0.25) is 5.91 Å². The number of rotatable bonds is 7. The fraction of sp³-hybridized carbons (Fsp3) is 0.350. The molecule has 0 fully saturated rings. The molecule has 2 heterocycles. The molecule has 2 aromatic rings. The van der Waals surface area contributed by atoms with Gasteiger partial charge in [-0.05, 0) is 42.7 Å². The molecule has 1 aliphatic heterocycles. The second-order valence-electron chi connectivity index (χ2n) is 7.23. The van der Waals surface area contributed by atoms with Crippen molar-refractivity contribution in [3.8, 4) is 0 Å². The van der Waals surface area contributed by atoms with Crippen molar-refractivity contribution in [3.63, 3.8) is 0 Å². The Morgan fingerprint density at radius 3 is 2.60 bits per heavy atom. The van der Waals surface area contributed by atoms with Crippen LogP contribution in [0, 0.1) is 5.92 Å². The van der Waals surface area contributed by atoms with Crippen LogP contribution in [0.15, 0.2) is 57.0 Å². The number of hydrogen-bond acceptors (Lipinski definition) is 6. The summed E-state index contributed by atoms with van der Waals surface area (Å²) in [6.45, 7) is 4.19. The summed E-state index contributed by atoms with van der Waals surface area (Å²) < 4.78 is 32.7. The van der Waals surface area contributed by atoms with E-state index in [0.717, 1.165) is 6.42 Å². The fourth-order valence-corrected chi connectivity index (χ4v) is 4.09. The van der Waals surface area contributed by atoms with Crippen molar-refractivity contribution in [1.29, 1.82) is 0 Å². The third-order valence-corrected chi connectivity index (χ3v) is 5.90. The maximum Gasteiger partial charge on any atom is 0.287 e. The Bertz CT molecular complexity index is 1040. The molecule has 0 saturated heterocycles. The van der Waals surface area contributed by atoms with Crippen molar-refractivity contribution in [2.45, 2.75) is 37.6 Å². The number of anilines is 1. The molecule has 0 saturated carbocycles. The quantitative estimate of drug-likeness (QED) is 0.617. The first-order valence-electron chi connectivity index (χ1n) is 9.58. The Morgan fingerprint density at radius 1 is 1.17 bits per heavy atom.